The molecule has 0 saturated heterocycles. The van der Waals surface area contributed by atoms with E-state index in [1.165, 1.54) is 16.3 Å². The van der Waals surface area contributed by atoms with Crippen molar-refractivity contribution in [2.75, 3.05) is 24.5 Å². The van der Waals surface area contributed by atoms with E-state index in [0.717, 1.165) is 26.2 Å². The lowest BCUT2D eigenvalue weighted by atomic mass is 10.1. The number of hydrogen-bond donors (Lipinski definition) is 1. The van der Waals surface area contributed by atoms with Crippen LogP contribution in [0, 0.1) is 0 Å². The highest BCUT2D eigenvalue weighted by atomic mass is 32.1. The molecule has 0 fully saturated rings. The lowest BCUT2D eigenvalue weighted by Gasteiger charge is -2.21. The molecule has 0 spiro atoms. The van der Waals surface area contributed by atoms with Gasteiger partial charge in [-0.15, -0.1) is 11.3 Å². The molecule has 1 aromatic carbocycles. The van der Waals surface area contributed by atoms with Crippen molar-refractivity contribution >= 4 is 17.0 Å². The first kappa shape index (κ1) is 16.0. The number of rotatable bonds is 8. The maximum absolute atomic E-state index is 4.36. The predicted molar refractivity (Wildman–Crippen MR) is 92.2 cm³/mol. The predicted octanol–water partition coefficient (Wildman–Crippen LogP) is 3.88. The Morgan fingerprint density at radius 1 is 1.19 bits per heavy atom. The Morgan fingerprint density at radius 3 is 2.48 bits per heavy atom. The first-order valence-corrected chi connectivity index (χ1v) is 8.56. The molecule has 0 amide bonds. The molecule has 0 saturated carbocycles. The normalized spacial score (nSPS) is 12.3. The van der Waals surface area contributed by atoms with Crippen molar-refractivity contribution in [1.29, 1.82) is 0 Å². The van der Waals surface area contributed by atoms with Gasteiger partial charge < -0.3 is 10.2 Å². The Hall–Kier alpha value is -1.39. The standard InChI is InChI=1S/C17H25N3S/c1-4-20(5-2)16-8-6-15(7-9-16)13-18-12-14(3)17-19-10-11-21-17/h6-11,14,18H,4-5,12-13H2,1-3H3. The second kappa shape index (κ2) is 8.15. The van der Waals surface area contributed by atoms with E-state index in [-0.39, 0.29) is 0 Å². The van der Waals surface area contributed by atoms with Crippen LogP contribution in [0.4, 0.5) is 5.69 Å². The summed E-state index contributed by atoms with van der Waals surface area (Å²) in [5.41, 5.74) is 2.64. The second-order valence-electron chi connectivity index (χ2n) is 5.24. The van der Waals surface area contributed by atoms with Gasteiger partial charge in [-0.05, 0) is 31.5 Å². The van der Waals surface area contributed by atoms with Crippen molar-refractivity contribution in [3.05, 3.63) is 46.4 Å². The molecule has 0 aliphatic heterocycles. The third-order valence-corrected chi connectivity index (χ3v) is 4.72. The van der Waals surface area contributed by atoms with Crippen LogP contribution in [0.1, 0.15) is 37.3 Å². The van der Waals surface area contributed by atoms with Crippen LogP contribution in [0.15, 0.2) is 35.8 Å². The number of benzene rings is 1. The molecular formula is C17H25N3S. The first-order chi connectivity index (χ1) is 10.2. The fourth-order valence-electron chi connectivity index (χ4n) is 2.41. The molecular weight excluding hydrogens is 278 g/mol. The Kier molecular flexibility index (Phi) is 6.21. The zero-order chi connectivity index (χ0) is 15.1. The highest BCUT2D eigenvalue weighted by Gasteiger charge is 2.07. The SMILES string of the molecule is CCN(CC)c1ccc(CNCC(C)c2nccs2)cc1. The molecule has 3 nitrogen and oxygen atoms in total. The Bertz CT molecular complexity index is 503. The Labute approximate surface area is 132 Å². The lowest BCUT2D eigenvalue weighted by Crippen LogP contribution is -2.22. The van der Waals surface area contributed by atoms with Crippen LogP contribution in [0.2, 0.25) is 0 Å². The molecule has 1 N–H and O–H groups in total. The smallest absolute Gasteiger partial charge is 0.0965 e. The number of anilines is 1. The quantitative estimate of drug-likeness (QED) is 0.802. The van der Waals surface area contributed by atoms with Crippen molar-refractivity contribution in [3.63, 3.8) is 0 Å². The number of nitrogens with one attached hydrogen (secondary N) is 1. The summed E-state index contributed by atoms with van der Waals surface area (Å²) in [4.78, 5) is 6.73. The van der Waals surface area contributed by atoms with E-state index >= 15 is 0 Å². The van der Waals surface area contributed by atoms with Crippen LogP contribution in [0.25, 0.3) is 0 Å². The zero-order valence-electron chi connectivity index (χ0n) is 13.2. The van der Waals surface area contributed by atoms with Gasteiger partial charge in [0.25, 0.3) is 0 Å². The van der Waals surface area contributed by atoms with Gasteiger partial charge in [-0.25, -0.2) is 4.98 Å². The summed E-state index contributed by atoms with van der Waals surface area (Å²) >= 11 is 1.73. The van der Waals surface area contributed by atoms with Gasteiger partial charge in [0.2, 0.25) is 0 Å². The molecule has 2 aromatic rings. The average Bonchev–Trinajstić information content (AvgIpc) is 3.04. The van der Waals surface area contributed by atoms with Gasteiger partial charge in [-0.3, -0.25) is 0 Å². The van der Waals surface area contributed by atoms with Gasteiger partial charge in [0, 0.05) is 49.4 Å². The van der Waals surface area contributed by atoms with Gasteiger partial charge in [-0.2, -0.15) is 0 Å². The van der Waals surface area contributed by atoms with E-state index < -0.39 is 0 Å². The van der Waals surface area contributed by atoms with Crippen LogP contribution in [-0.4, -0.2) is 24.6 Å². The fourth-order valence-corrected chi connectivity index (χ4v) is 3.11. The van der Waals surface area contributed by atoms with E-state index in [2.05, 4.69) is 60.2 Å². The van der Waals surface area contributed by atoms with Crippen molar-refractivity contribution in [2.24, 2.45) is 0 Å². The molecule has 0 aliphatic carbocycles. The van der Waals surface area contributed by atoms with E-state index in [4.69, 9.17) is 0 Å². The maximum atomic E-state index is 4.36. The van der Waals surface area contributed by atoms with Crippen molar-refractivity contribution < 1.29 is 0 Å². The van der Waals surface area contributed by atoms with E-state index in [1.807, 2.05) is 11.6 Å². The number of aromatic nitrogens is 1. The van der Waals surface area contributed by atoms with E-state index in [0.29, 0.717) is 5.92 Å². The first-order valence-electron chi connectivity index (χ1n) is 7.68. The maximum Gasteiger partial charge on any atom is 0.0965 e. The molecule has 114 valence electrons. The Balaban J connectivity index is 1.81. The molecule has 2 rings (SSSR count). The summed E-state index contributed by atoms with van der Waals surface area (Å²) in [5.74, 6) is 0.472. The summed E-state index contributed by atoms with van der Waals surface area (Å²) < 4.78 is 0. The summed E-state index contributed by atoms with van der Waals surface area (Å²) in [5, 5.41) is 6.77. The molecule has 0 radical (unpaired) electrons. The van der Waals surface area contributed by atoms with Gasteiger partial charge >= 0.3 is 0 Å². The highest BCUT2D eigenvalue weighted by Crippen LogP contribution is 2.17. The highest BCUT2D eigenvalue weighted by molar-refractivity contribution is 7.09. The number of hydrogen-bond acceptors (Lipinski definition) is 4. The minimum Gasteiger partial charge on any atom is -0.372 e. The van der Waals surface area contributed by atoms with Crippen molar-refractivity contribution in [2.45, 2.75) is 33.2 Å². The van der Waals surface area contributed by atoms with Crippen molar-refractivity contribution in [3.8, 4) is 0 Å². The number of thiazole rings is 1. The molecule has 4 heteroatoms. The average molecular weight is 303 g/mol. The van der Waals surface area contributed by atoms with Gasteiger partial charge in [0.05, 0.1) is 5.01 Å². The van der Waals surface area contributed by atoms with Crippen LogP contribution >= 0.6 is 11.3 Å². The molecule has 1 aromatic heterocycles. The third-order valence-electron chi connectivity index (χ3n) is 3.72. The number of nitrogens with zero attached hydrogens (tertiary/aromatic N) is 2. The largest absolute Gasteiger partial charge is 0.372 e. The Morgan fingerprint density at radius 2 is 1.90 bits per heavy atom. The fraction of sp³-hybridized carbons (Fsp3) is 0.471. The topological polar surface area (TPSA) is 28.2 Å². The second-order valence-corrected chi connectivity index (χ2v) is 6.17. The molecule has 1 unspecified atom stereocenters. The van der Waals surface area contributed by atoms with Gasteiger partial charge in [0.1, 0.15) is 0 Å². The van der Waals surface area contributed by atoms with Crippen LogP contribution in [-0.2, 0) is 6.54 Å². The zero-order valence-corrected chi connectivity index (χ0v) is 14.0. The van der Waals surface area contributed by atoms with E-state index in [9.17, 15) is 0 Å². The minimum absolute atomic E-state index is 0.472. The molecule has 0 aliphatic rings. The molecule has 1 heterocycles. The molecule has 1 atom stereocenters. The summed E-state index contributed by atoms with van der Waals surface area (Å²) in [7, 11) is 0. The van der Waals surface area contributed by atoms with Gasteiger partial charge in [-0.1, -0.05) is 19.1 Å². The summed E-state index contributed by atoms with van der Waals surface area (Å²) in [6, 6.07) is 8.87. The lowest BCUT2D eigenvalue weighted by molar-refractivity contribution is 0.613. The van der Waals surface area contributed by atoms with E-state index in [1.54, 1.807) is 11.3 Å². The molecule has 0 bridgehead atoms. The third kappa shape index (κ3) is 4.55. The van der Waals surface area contributed by atoms with Crippen molar-refractivity contribution in [1.82, 2.24) is 10.3 Å². The van der Waals surface area contributed by atoms with Gasteiger partial charge in [0.15, 0.2) is 0 Å². The summed E-state index contributed by atoms with van der Waals surface area (Å²) in [6.07, 6.45) is 1.88. The van der Waals surface area contributed by atoms with Crippen LogP contribution in [0.5, 0.6) is 0 Å². The molecule has 21 heavy (non-hydrogen) atoms. The van der Waals surface area contributed by atoms with Crippen LogP contribution < -0.4 is 10.2 Å². The monoisotopic (exact) mass is 303 g/mol. The summed E-state index contributed by atoms with van der Waals surface area (Å²) in [6.45, 7) is 10.6. The van der Waals surface area contributed by atoms with Crippen LogP contribution in [0.3, 0.4) is 0 Å². The minimum atomic E-state index is 0.472.